The summed E-state index contributed by atoms with van der Waals surface area (Å²) in [6.07, 6.45) is 0. The van der Waals surface area contributed by atoms with Crippen molar-refractivity contribution in [2.24, 2.45) is 0 Å². The van der Waals surface area contributed by atoms with Crippen LogP contribution in [0.1, 0.15) is 16.1 Å². The summed E-state index contributed by atoms with van der Waals surface area (Å²) in [4.78, 5) is 14.6. The van der Waals surface area contributed by atoms with Gasteiger partial charge in [0.05, 0.1) is 9.50 Å². The molecule has 100 valence electrons. The van der Waals surface area contributed by atoms with Crippen LogP contribution in [-0.2, 0) is 0 Å². The first-order valence-electron chi connectivity index (χ1n) is 5.19. The third kappa shape index (κ3) is 3.11. The van der Waals surface area contributed by atoms with Crippen molar-refractivity contribution in [3.8, 4) is 0 Å². The van der Waals surface area contributed by atoms with E-state index in [2.05, 4.69) is 26.2 Å². The summed E-state index contributed by atoms with van der Waals surface area (Å²) in [5, 5.41) is 3.03. The third-order valence-corrected chi connectivity index (χ3v) is 3.79. The van der Waals surface area contributed by atoms with Gasteiger partial charge in [0, 0.05) is 5.69 Å². The second kappa shape index (κ2) is 5.53. The molecule has 7 heteroatoms. The van der Waals surface area contributed by atoms with Gasteiger partial charge in [0.1, 0.15) is 16.7 Å². The van der Waals surface area contributed by atoms with E-state index < -0.39 is 11.7 Å². The van der Waals surface area contributed by atoms with Gasteiger partial charge in [-0.2, -0.15) is 0 Å². The van der Waals surface area contributed by atoms with Gasteiger partial charge in [-0.15, -0.1) is 0 Å². The van der Waals surface area contributed by atoms with Gasteiger partial charge >= 0.3 is 0 Å². The highest BCUT2D eigenvalue weighted by Gasteiger charge is 2.14. The Hall–Kier alpha value is -1.04. The summed E-state index contributed by atoms with van der Waals surface area (Å²) in [6.45, 7) is 1.76. The molecule has 0 saturated heterocycles. The van der Waals surface area contributed by atoms with Gasteiger partial charge in [0.15, 0.2) is 0 Å². The quantitative estimate of drug-likeness (QED) is 0.789. The molecule has 2 N–H and O–H groups in total. The van der Waals surface area contributed by atoms with Crippen molar-refractivity contribution in [3.05, 3.63) is 49.9 Å². The van der Waals surface area contributed by atoms with Gasteiger partial charge in [-0.25, -0.2) is 4.39 Å². The van der Waals surface area contributed by atoms with Crippen molar-refractivity contribution in [2.75, 3.05) is 5.32 Å². The summed E-state index contributed by atoms with van der Waals surface area (Å²) in [5.74, 6) is -0.901. The number of aromatic amines is 1. The number of nitrogens with one attached hydrogen (secondary N) is 2. The molecule has 0 bridgehead atoms. The Labute approximate surface area is 127 Å². The molecule has 2 rings (SSSR count). The molecular formula is C12H8BrCl2FN2O. The zero-order valence-electron chi connectivity index (χ0n) is 9.65. The highest BCUT2D eigenvalue weighted by molar-refractivity contribution is 9.10. The lowest BCUT2D eigenvalue weighted by atomic mass is 10.2. The molecule has 0 unspecified atom stereocenters. The van der Waals surface area contributed by atoms with E-state index in [1.165, 1.54) is 12.1 Å². The van der Waals surface area contributed by atoms with Gasteiger partial charge in [-0.3, -0.25) is 4.79 Å². The van der Waals surface area contributed by atoms with Gasteiger partial charge < -0.3 is 10.3 Å². The normalized spacial score (nSPS) is 10.6. The Morgan fingerprint density at radius 1 is 1.37 bits per heavy atom. The number of hydrogen-bond donors (Lipinski definition) is 2. The number of rotatable bonds is 2. The molecule has 0 spiro atoms. The minimum Gasteiger partial charge on any atom is -0.340 e. The topological polar surface area (TPSA) is 44.9 Å². The smallest absolute Gasteiger partial charge is 0.272 e. The average molecular weight is 366 g/mol. The Balaban J connectivity index is 2.26. The molecule has 0 aliphatic heterocycles. The maximum absolute atomic E-state index is 13.4. The standard InChI is InChI=1S/C12H8BrCl2FN2O/c1-5-2-6(13)8(16)4-9(5)18-12(19)10-3-7(14)11(15)17-10/h2-4,17H,1H3,(H,18,19). The summed E-state index contributed by atoms with van der Waals surface area (Å²) < 4.78 is 13.8. The monoisotopic (exact) mass is 364 g/mol. The van der Waals surface area contributed by atoms with Crippen LogP contribution in [0, 0.1) is 12.7 Å². The summed E-state index contributed by atoms with van der Waals surface area (Å²) >= 11 is 14.5. The first-order valence-corrected chi connectivity index (χ1v) is 6.74. The van der Waals surface area contributed by atoms with Crippen LogP contribution < -0.4 is 5.32 Å². The first-order chi connectivity index (χ1) is 8.88. The fourth-order valence-corrected chi connectivity index (χ4v) is 2.27. The van der Waals surface area contributed by atoms with E-state index in [-0.39, 0.29) is 15.9 Å². The van der Waals surface area contributed by atoms with Crippen molar-refractivity contribution >= 4 is 50.7 Å². The Morgan fingerprint density at radius 2 is 2.05 bits per heavy atom. The lowest BCUT2D eigenvalue weighted by Gasteiger charge is -2.08. The minimum atomic E-state index is -0.455. The van der Waals surface area contributed by atoms with E-state index in [0.717, 1.165) is 5.56 Å². The van der Waals surface area contributed by atoms with Crippen molar-refractivity contribution in [2.45, 2.75) is 6.92 Å². The van der Waals surface area contributed by atoms with E-state index >= 15 is 0 Å². The van der Waals surface area contributed by atoms with Gasteiger partial charge in [-0.05, 0) is 46.6 Å². The van der Waals surface area contributed by atoms with Crippen LogP contribution in [-0.4, -0.2) is 10.9 Å². The number of amides is 1. The predicted octanol–water partition coefficient (Wildman–Crippen LogP) is 4.78. The zero-order chi connectivity index (χ0) is 14.2. The molecular weight excluding hydrogens is 358 g/mol. The zero-order valence-corrected chi connectivity index (χ0v) is 12.8. The van der Waals surface area contributed by atoms with Crippen molar-refractivity contribution in [1.29, 1.82) is 0 Å². The molecule has 0 aliphatic carbocycles. The van der Waals surface area contributed by atoms with Crippen LogP contribution in [0.25, 0.3) is 0 Å². The first kappa shape index (κ1) is 14.4. The predicted molar refractivity (Wildman–Crippen MR) is 77.6 cm³/mol. The molecule has 0 radical (unpaired) electrons. The third-order valence-electron chi connectivity index (χ3n) is 2.49. The number of aromatic nitrogens is 1. The Bertz CT molecular complexity index is 638. The average Bonchev–Trinajstić information content (AvgIpc) is 2.67. The maximum Gasteiger partial charge on any atom is 0.272 e. The summed E-state index contributed by atoms with van der Waals surface area (Å²) in [6, 6.07) is 4.23. The fraction of sp³-hybridized carbons (Fsp3) is 0.0833. The number of halogens is 4. The van der Waals surface area contributed by atoms with E-state index in [1.54, 1.807) is 13.0 Å². The van der Waals surface area contributed by atoms with Crippen molar-refractivity contribution < 1.29 is 9.18 Å². The molecule has 1 aromatic carbocycles. The molecule has 0 saturated carbocycles. The molecule has 2 aromatic rings. The van der Waals surface area contributed by atoms with E-state index in [0.29, 0.717) is 10.2 Å². The van der Waals surface area contributed by atoms with Crippen LogP contribution in [0.5, 0.6) is 0 Å². The summed E-state index contributed by atoms with van der Waals surface area (Å²) in [7, 11) is 0. The highest BCUT2D eigenvalue weighted by atomic mass is 79.9. The second-order valence-corrected chi connectivity index (χ2v) is 5.52. The lowest BCUT2D eigenvalue weighted by Crippen LogP contribution is -2.13. The van der Waals surface area contributed by atoms with Gasteiger partial charge in [0.2, 0.25) is 0 Å². The van der Waals surface area contributed by atoms with Crippen LogP contribution in [0.3, 0.4) is 0 Å². The summed E-state index contributed by atoms with van der Waals surface area (Å²) in [5.41, 5.74) is 1.32. The van der Waals surface area contributed by atoms with Crippen LogP contribution in [0.15, 0.2) is 22.7 Å². The molecule has 1 aromatic heterocycles. The Morgan fingerprint density at radius 3 is 2.63 bits per heavy atom. The molecule has 1 heterocycles. The van der Waals surface area contributed by atoms with Crippen LogP contribution in [0.2, 0.25) is 10.2 Å². The minimum absolute atomic E-state index is 0.186. The van der Waals surface area contributed by atoms with E-state index in [1.807, 2.05) is 0 Å². The number of hydrogen-bond acceptors (Lipinski definition) is 1. The largest absolute Gasteiger partial charge is 0.340 e. The maximum atomic E-state index is 13.4. The lowest BCUT2D eigenvalue weighted by molar-refractivity contribution is 0.102. The van der Waals surface area contributed by atoms with Crippen molar-refractivity contribution in [3.63, 3.8) is 0 Å². The van der Waals surface area contributed by atoms with Crippen LogP contribution in [0.4, 0.5) is 10.1 Å². The number of aryl methyl sites for hydroxylation is 1. The van der Waals surface area contributed by atoms with E-state index in [4.69, 9.17) is 23.2 Å². The highest BCUT2D eigenvalue weighted by Crippen LogP contribution is 2.26. The Kier molecular flexibility index (Phi) is 4.18. The molecule has 0 atom stereocenters. The molecule has 0 fully saturated rings. The van der Waals surface area contributed by atoms with E-state index in [9.17, 15) is 9.18 Å². The molecule has 1 amide bonds. The molecule has 0 aliphatic rings. The van der Waals surface area contributed by atoms with Gasteiger partial charge in [-0.1, -0.05) is 23.2 Å². The number of carbonyl (C=O) groups is 1. The van der Waals surface area contributed by atoms with Crippen LogP contribution >= 0.6 is 39.1 Å². The molecule has 3 nitrogen and oxygen atoms in total. The second-order valence-electron chi connectivity index (χ2n) is 3.88. The number of benzene rings is 1. The van der Waals surface area contributed by atoms with Crippen molar-refractivity contribution in [1.82, 2.24) is 4.98 Å². The fourth-order valence-electron chi connectivity index (χ4n) is 1.50. The number of anilines is 1. The van der Waals surface area contributed by atoms with Gasteiger partial charge in [0.25, 0.3) is 5.91 Å². The number of carbonyl (C=O) groups excluding carboxylic acids is 1. The SMILES string of the molecule is Cc1cc(Br)c(F)cc1NC(=O)c1cc(Cl)c(Cl)[nH]1. The molecule has 19 heavy (non-hydrogen) atoms. The number of H-pyrrole nitrogens is 1.